The van der Waals surface area contributed by atoms with Gasteiger partial charge >= 0.3 is 0 Å². The van der Waals surface area contributed by atoms with Gasteiger partial charge < -0.3 is 15.4 Å². The molecule has 5 heteroatoms. The molecule has 1 aliphatic rings. The highest BCUT2D eigenvalue weighted by atomic mass is 19.1. The van der Waals surface area contributed by atoms with Gasteiger partial charge in [-0.1, -0.05) is 0 Å². The van der Waals surface area contributed by atoms with Crippen LogP contribution in [-0.2, 0) is 4.79 Å². The van der Waals surface area contributed by atoms with Crippen molar-refractivity contribution in [2.75, 3.05) is 25.5 Å². The first kappa shape index (κ1) is 12.8. The van der Waals surface area contributed by atoms with Gasteiger partial charge in [0.2, 0.25) is 5.91 Å². The zero-order valence-electron chi connectivity index (χ0n) is 10.3. The summed E-state index contributed by atoms with van der Waals surface area (Å²) in [5.41, 5.74) is 0.179. The average molecular weight is 252 g/mol. The van der Waals surface area contributed by atoms with E-state index in [4.69, 9.17) is 4.74 Å². The summed E-state index contributed by atoms with van der Waals surface area (Å²) in [7, 11) is 1.51. The number of carbonyl (C=O) groups excluding carboxylic acids is 1. The Bertz CT molecular complexity index is 431. The first-order chi connectivity index (χ1) is 8.70. The number of methoxy groups -OCH3 is 1. The molecule has 1 fully saturated rings. The Morgan fingerprint density at radius 3 is 2.83 bits per heavy atom. The van der Waals surface area contributed by atoms with E-state index in [9.17, 15) is 9.18 Å². The highest BCUT2D eigenvalue weighted by Gasteiger charge is 2.21. The first-order valence-corrected chi connectivity index (χ1v) is 6.06. The number of amides is 1. The number of rotatable bonds is 3. The summed E-state index contributed by atoms with van der Waals surface area (Å²) in [6, 6.07) is 4.31. The zero-order valence-corrected chi connectivity index (χ0v) is 10.3. The number of hydrogen-bond donors (Lipinski definition) is 2. The van der Waals surface area contributed by atoms with Crippen molar-refractivity contribution in [2.45, 2.75) is 12.8 Å². The van der Waals surface area contributed by atoms with Crippen LogP contribution in [0, 0.1) is 11.7 Å². The van der Waals surface area contributed by atoms with E-state index in [2.05, 4.69) is 10.6 Å². The van der Waals surface area contributed by atoms with Crippen LogP contribution in [0.1, 0.15) is 12.8 Å². The van der Waals surface area contributed by atoms with Gasteiger partial charge in [-0.3, -0.25) is 4.79 Å². The average Bonchev–Trinajstić information content (AvgIpc) is 2.42. The molecule has 98 valence electrons. The van der Waals surface area contributed by atoms with E-state index >= 15 is 0 Å². The number of benzene rings is 1. The Balaban J connectivity index is 2.05. The van der Waals surface area contributed by atoms with Crippen LogP contribution in [0.4, 0.5) is 10.1 Å². The van der Waals surface area contributed by atoms with Gasteiger partial charge in [0.15, 0.2) is 0 Å². The van der Waals surface area contributed by atoms with Crippen LogP contribution >= 0.6 is 0 Å². The first-order valence-electron chi connectivity index (χ1n) is 6.06. The van der Waals surface area contributed by atoms with Crippen LogP contribution in [-0.4, -0.2) is 26.1 Å². The molecule has 18 heavy (non-hydrogen) atoms. The Hall–Kier alpha value is -1.62. The van der Waals surface area contributed by atoms with E-state index < -0.39 is 5.82 Å². The van der Waals surface area contributed by atoms with E-state index in [0.29, 0.717) is 5.75 Å². The summed E-state index contributed by atoms with van der Waals surface area (Å²) in [5, 5.41) is 5.82. The number of carbonyl (C=O) groups is 1. The van der Waals surface area contributed by atoms with E-state index in [1.165, 1.54) is 25.3 Å². The maximum Gasteiger partial charge on any atom is 0.227 e. The van der Waals surface area contributed by atoms with Crippen LogP contribution in [0.3, 0.4) is 0 Å². The van der Waals surface area contributed by atoms with E-state index in [-0.39, 0.29) is 17.5 Å². The van der Waals surface area contributed by atoms with Crippen LogP contribution in [0.25, 0.3) is 0 Å². The van der Waals surface area contributed by atoms with Crippen molar-refractivity contribution in [1.29, 1.82) is 0 Å². The van der Waals surface area contributed by atoms with Gasteiger partial charge in [0.25, 0.3) is 0 Å². The lowest BCUT2D eigenvalue weighted by atomic mass is 9.97. The summed E-state index contributed by atoms with van der Waals surface area (Å²) >= 11 is 0. The predicted molar refractivity (Wildman–Crippen MR) is 67.2 cm³/mol. The molecule has 0 aromatic heterocycles. The van der Waals surface area contributed by atoms with Crippen molar-refractivity contribution in [3.8, 4) is 5.75 Å². The number of hydrogen-bond acceptors (Lipinski definition) is 3. The minimum Gasteiger partial charge on any atom is -0.497 e. The maximum atomic E-state index is 13.6. The standard InChI is InChI=1S/C13H17FN2O2/c1-18-10-2-3-11(14)12(8-10)16-13(17)9-4-6-15-7-5-9/h2-3,8-9,15H,4-7H2,1H3,(H,16,17). The fourth-order valence-electron chi connectivity index (χ4n) is 2.05. The molecule has 0 bridgehead atoms. The van der Waals surface area contributed by atoms with Gasteiger partial charge in [-0.15, -0.1) is 0 Å². The van der Waals surface area contributed by atoms with Gasteiger partial charge in [0, 0.05) is 12.0 Å². The van der Waals surface area contributed by atoms with Crippen molar-refractivity contribution in [3.05, 3.63) is 24.0 Å². The molecule has 0 spiro atoms. The van der Waals surface area contributed by atoms with Crippen molar-refractivity contribution >= 4 is 11.6 Å². The van der Waals surface area contributed by atoms with Gasteiger partial charge in [-0.05, 0) is 38.1 Å². The molecule has 0 aliphatic carbocycles. The normalized spacial score (nSPS) is 16.3. The number of ether oxygens (including phenoxy) is 1. The third-order valence-electron chi connectivity index (χ3n) is 3.14. The second-order valence-corrected chi connectivity index (χ2v) is 4.36. The molecular formula is C13H17FN2O2. The monoisotopic (exact) mass is 252 g/mol. The van der Waals surface area contributed by atoms with Crippen molar-refractivity contribution in [1.82, 2.24) is 5.32 Å². The minimum absolute atomic E-state index is 0.0446. The lowest BCUT2D eigenvalue weighted by Crippen LogP contribution is -2.34. The van der Waals surface area contributed by atoms with Crippen molar-refractivity contribution in [2.24, 2.45) is 5.92 Å². The van der Waals surface area contributed by atoms with E-state index in [1.807, 2.05) is 0 Å². The molecular weight excluding hydrogens is 235 g/mol. The topological polar surface area (TPSA) is 50.4 Å². The molecule has 0 atom stereocenters. The smallest absolute Gasteiger partial charge is 0.227 e. The van der Waals surface area contributed by atoms with E-state index in [0.717, 1.165) is 25.9 Å². The second kappa shape index (κ2) is 5.82. The Labute approximate surface area is 106 Å². The fourth-order valence-corrected chi connectivity index (χ4v) is 2.05. The molecule has 1 saturated heterocycles. The number of anilines is 1. The van der Waals surface area contributed by atoms with Crippen LogP contribution < -0.4 is 15.4 Å². The molecule has 1 aromatic carbocycles. The summed E-state index contributed by atoms with van der Waals surface area (Å²) in [4.78, 5) is 12.0. The number of halogens is 1. The van der Waals surface area contributed by atoms with Crippen molar-refractivity contribution < 1.29 is 13.9 Å². The molecule has 0 radical (unpaired) electrons. The predicted octanol–water partition coefficient (Wildman–Crippen LogP) is 1.77. The van der Waals surface area contributed by atoms with Gasteiger partial charge in [-0.25, -0.2) is 4.39 Å². The SMILES string of the molecule is COc1ccc(F)c(NC(=O)C2CCNCC2)c1. The lowest BCUT2D eigenvalue weighted by molar-refractivity contribution is -0.120. The molecule has 0 saturated carbocycles. The Kier molecular flexibility index (Phi) is 4.15. The van der Waals surface area contributed by atoms with Gasteiger partial charge in [-0.2, -0.15) is 0 Å². The number of piperidine rings is 1. The molecule has 2 N–H and O–H groups in total. The quantitative estimate of drug-likeness (QED) is 0.862. The second-order valence-electron chi connectivity index (χ2n) is 4.36. The summed E-state index contributed by atoms with van der Waals surface area (Å²) < 4.78 is 18.6. The van der Waals surface area contributed by atoms with Crippen molar-refractivity contribution in [3.63, 3.8) is 0 Å². The van der Waals surface area contributed by atoms with Gasteiger partial charge in [0.05, 0.1) is 12.8 Å². The fraction of sp³-hybridized carbons (Fsp3) is 0.462. The molecule has 1 amide bonds. The lowest BCUT2D eigenvalue weighted by Gasteiger charge is -2.21. The largest absolute Gasteiger partial charge is 0.497 e. The summed E-state index contributed by atoms with van der Waals surface area (Å²) in [6.45, 7) is 1.66. The molecule has 1 aliphatic heterocycles. The van der Waals surface area contributed by atoms with Crippen LogP contribution in [0.2, 0.25) is 0 Å². The third kappa shape index (κ3) is 2.98. The Morgan fingerprint density at radius 2 is 2.17 bits per heavy atom. The Morgan fingerprint density at radius 1 is 1.44 bits per heavy atom. The highest BCUT2D eigenvalue weighted by molar-refractivity contribution is 5.92. The maximum absolute atomic E-state index is 13.6. The molecule has 0 unspecified atom stereocenters. The molecule has 1 aromatic rings. The van der Waals surface area contributed by atoms with E-state index in [1.54, 1.807) is 0 Å². The number of nitrogens with one attached hydrogen (secondary N) is 2. The highest BCUT2D eigenvalue weighted by Crippen LogP contribution is 2.22. The molecule has 2 rings (SSSR count). The minimum atomic E-state index is -0.446. The van der Waals surface area contributed by atoms with Gasteiger partial charge in [0.1, 0.15) is 11.6 Å². The molecule has 1 heterocycles. The zero-order chi connectivity index (χ0) is 13.0. The van der Waals surface area contributed by atoms with Crippen LogP contribution in [0.5, 0.6) is 5.75 Å². The summed E-state index contributed by atoms with van der Waals surface area (Å²) in [6.07, 6.45) is 1.58. The third-order valence-corrected chi connectivity index (χ3v) is 3.14. The van der Waals surface area contributed by atoms with Crippen LogP contribution in [0.15, 0.2) is 18.2 Å². The summed E-state index contributed by atoms with van der Waals surface area (Å²) in [5.74, 6) is -0.0874. The molecule has 4 nitrogen and oxygen atoms in total.